The number of piperazine rings is 1. The number of nitrogens with one attached hydrogen (secondary N) is 1. The van der Waals surface area contributed by atoms with Crippen molar-refractivity contribution in [3.63, 3.8) is 0 Å². The molecule has 1 atom stereocenters. The van der Waals surface area contributed by atoms with Crippen LogP contribution in [-0.4, -0.2) is 64.9 Å². The van der Waals surface area contributed by atoms with Crippen LogP contribution in [0.3, 0.4) is 0 Å². The predicted octanol–water partition coefficient (Wildman–Crippen LogP) is -1.53. The molecule has 1 unspecified atom stereocenters. The molecule has 1 rings (SSSR count). The molecule has 1 heterocycles. The zero-order valence-corrected chi connectivity index (χ0v) is 9.47. The standard InChI is InChI=1S/C9H13N3O5/c1-5(8(15)16)10-9(17)12-4-3-11(2)6(13)7(12)14/h5H,3-4H2,1-2H3,(H,10,17)(H,15,16). The minimum absolute atomic E-state index is 0.0548. The molecule has 0 aromatic rings. The number of amides is 4. The van der Waals surface area contributed by atoms with E-state index in [0.717, 1.165) is 0 Å². The lowest BCUT2D eigenvalue weighted by atomic mass is 10.3. The fraction of sp³-hybridized carbons (Fsp3) is 0.556. The van der Waals surface area contributed by atoms with E-state index >= 15 is 0 Å². The molecule has 0 saturated carbocycles. The number of carboxylic acid groups (broad SMARTS) is 1. The maximum atomic E-state index is 11.5. The van der Waals surface area contributed by atoms with Crippen molar-refractivity contribution < 1.29 is 24.3 Å². The summed E-state index contributed by atoms with van der Waals surface area (Å²) in [7, 11) is 1.45. The van der Waals surface area contributed by atoms with Crippen molar-refractivity contribution in [1.29, 1.82) is 0 Å². The van der Waals surface area contributed by atoms with Gasteiger partial charge in [0.15, 0.2) is 0 Å². The number of aliphatic carboxylic acids is 1. The van der Waals surface area contributed by atoms with Gasteiger partial charge in [0, 0.05) is 20.1 Å². The van der Waals surface area contributed by atoms with Gasteiger partial charge in [0.1, 0.15) is 6.04 Å². The summed E-state index contributed by atoms with van der Waals surface area (Å²) in [5.41, 5.74) is 0. The molecule has 1 saturated heterocycles. The van der Waals surface area contributed by atoms with Crippen molar-refractivity contribution in [2.24, 2.45) is 0 Å². The van der Waals surface area contributed by atoms with E-state index in [2.05, 4.69) is 5.32 Å². The number of carbonyl (C=O) groups is 4. The maximum Gasteiger partial charge on any atom is 0.325 e. The highest BCUT2D eigenvalue weighted by molar-refractivity contribution is 6.38. The maximum absolute atomic E-state index is 11.5. The summed E-state index contributed by atoms with van der Waals surface area (Å²) < 4.78 is 0. The monoisotopic (exact) mass is 243 g/mol. The number of rotatable bonds is 2. The molecule has 0 spiro atoms. The molecule has 0 aromatic carbocycles. The molecule has 4 amide bonds. The second-order valence-electron chi connectivity index (χ2n) is 3.69. The summed E-state index contributed by atoms with van der Waals surface area (Å²) in [5, 5.41) is 10.7. The Balaban J connectivity index is 2.67. The predicted molar refractivity (Wildman–Crippen MR) is 55.0 cm³/mol. The summed E-state index contributed by atoms with van der Waals surface area (Å²) in [4.78, 5) is 46.7. The fourth-order valence-corrected chi connectivity index (χ4v) is 1.25. The highest BCUT2D eigenvalue weighted by Gasteiger charge is 2.35. The number of urea groups is 1. The molecule has 0 radical (unpaired) electrons. The van der Waals surface area contributed by atoms with Crippen LogP contribution >= 0.6 is 0 Å². The highest BCUT2D eigenvalue weighted by Crippen LogP contribution is 2.03. The van der Waals surface area contributed by atoms with Crippen molar-refractivity contribution in [2.75, 3.05) is 20.1 Å². The molecular formula is C9H13N3O5. The third-order valence-electron chi connectivity index (χ3n) is 2.39. The molecular weight excluding hydrogens is 230 g/mol. The van der Waals surface area contributed by atoms with Crippen molar-refractivity contribution in [1.82, 2.24) is 15.1 Å². The Morgan fingerprint density at radius 3 is 2.41 bits per heavy atom. The highest BCUT2D eigenvalue weighted by atomic mass is 16.4. The Hall–Kier alpha value is -2.12. The molecule has 0 bridgehead atoms. The van der Waals surface area contributed by atoms with Gasteiger partial charge in [-0.15, -0.1) is 0 Å². The lowest BCUT2D eigenvalue weighted by Crippen LogP contribution is -2.58. The fourth-order valence-electron chi connectivity index (χ4n) is 1.25. The first-order chi connectivity index (χ1) is 7.84. The van der Waals surface area contributed by atoms with E-state index in [-0.39, 0.29) is 13.1 Å². The van der Waals surface area contributed by atoms with Crippen molar-refractivity contribution in [2.45, 2.75) is 13.0 Å². The molecule has 0 aliphatic carbocycles. The average Bonchev–Trinajstić information content (AvgIpc) is 2.25. The average molecular weight is 243 g/mol. The Kier molecular flexibility index (Phi) is 3.66. The topological polar surface area (TPSA) is 107 Å². The Morgan fingerprint density at radius 1 is 1.29 bits per heavy atom. The van der Waals surface area contributed by atoms with E-state index in [1.54, 1.807) is 0 Å². The summed E-state index contributed by atoms with van der Waals surface area (Å²) >= 11 is 0. The second kappa shape index (κ2) is 4.81. The zero-order chi connectivity index (χ0) is 13.2. The van der Waals surface area contributed by atoms with E-state index in [0.29, 0.717) is 4.90 Å². The van der Waals surface area contributed by atoms with Crippen LogP contribution < -0.4 is 5.32 Å². The first-order valence-corrected chi connectivity index (χ1v) is 4.95. The summed E-state index contributed by atoms with van der Waals surface area (Å²) in [6, 6.07) is -1.99. The van der Waals surface area contributed by atoms with Crippen LogP contribution in [0, 0.1) is 0 Å². The van der Waals surface area contributed by atoms with E-state index in [1.165, 1.54) is 18.9 Å². The summed E-state index contributed by atoms with van der Waals surface area (Å²) in [6.45, 7) is 1.56. The molecule has 0 aromatic heterocycles. The van der Waals surface area contributed by atoms with Gasteiger partial charge in [-0.1, -0.05) is 0 Å². The van der Waals surface area contributed by atoms with Crippen LogP contribution in [0.15, 0.2) is 0 Å². The van der Waals surface area contributed by atoms with Gasteiger partial charge in [0.05, 0.1) is 0 Å². The number of hydrogen-bond acceptors (Lipinski definition) is 4. The SMILES string of the molecule is CC(NC(=O)N1CCN(C)C(=O)C1=O)C(=O)O. The van der Waals surface area contributed by atoms with Gasteiger partial charge in [0.2, 0.25) is 0 Å². The third kappa shape index (κ3) is 2.71. The number of imide groups is 1. The van der Waals surface area contributed by atoms with Crippen LogP contribution in [0.2, 0.25) is 0 Å². The van der Waals surface area contributed by atoms with Crippen LogP contribution in [0.1, 0.15) is 6.92 Å². The molecule has 1 aliphatic heterocycles. The van der Waals surface area contributed by atoms with E-state index < -0.39 is 29.9 Å². The van der Waals surface area contributed by atoms with E-state index in [9.17, 15) is 19.2 Å². The summed E-state index contributed by atoms with van der Waals surface area (Å²) in [5.74, 6) is -2.95. The molecule has 94 valence electrons. The molecule has 1 fully saturated rings. The largest absolute Gasteiger partial charge is 0.480 e. The van der Waals surface area contributed by atoms with Crippen LogP contribution in [0.5, 0.6) is 0 Å². The van der Waals surface area contributed by atoms with Gasteiger partial charge >= 0.3 is 23.8 Å². The molecule has 17 heavy (non-hydrogen) atoms. The number of nitrogens with zero attached hydrogens (tertiary/aromatic N) is 2. The number of likely N-dealkylation sites (N-methyl/N-ethyl adjacent to an activating group) is 1. The lowest BCUT2D eigenvalue weighted by molar-refractivity contribution is -0.152. The molecule has 1 aliphatic rings. The zero-order valence-electron chi connectivity index (χ0n) is 9.47. The van der Waals surface area contributed by atoms with Crippen molar-refractivity contribution in [3.8, 4) is 0 Å². The lowest BCUT2D eigenvalue weighted by Gasteiger charge is -2.30. The first-order valence-electron chi connectivity index (χ1n) is 4.95. The smallest absolute Gasteiger partial charge is 0.325 e. The first kappa shape index (κ1) is 12.9. The number of carboxylic acids is 1. The second-order valence-corrected chi connectivity index (χ2v) is 3.69. The molecule has 8 heteroatoms. The van der Waals surface area contributed by atoms with Crippen molar-refractivity contribution in [3.05, 3.63) is 0 Å². The molecule has 8 nitrogen and oxygen atoms in total. The van der Waals surface area contributed by atoms with Gasteiger partial charge in [-0.25, -0.2) is 4.79 Å². The number of carbonyl (C=O) groups excluding carboxylic acids is 3. The molecule has 2 N–H and O–H groups in total. The van der Waals surface area contributed by atoms with Gasteiger partial charge in [0.25, 0.3) is 0 Å². The van der Waals surface area contributed by atoms with Crippen LogP contribution in [-0.2, 0) is 14.4 Å². The van der Waals surface area contributed by atoms with Gasteiger partial charge < -0.3 is 15.3 Å². The Labute approximate surface area is 97.2 Å². The quantitative estimate of drug-likeness (QED) is 0.572. The van der Waals surface area contributed by atoms with Gasteiger partial charge in [-0.3, -0.25) is 19.3 Å². The van der Waals surface area contributed by atoms with E-state index in [4.69, 9.17) is 5.11 Å². The van der Waals surface area contributed by atoms with Crippen LogP contribution in [0.25, 0.3) is 0 Å². The minimum atomic E-state index is -1.22. The van der Waals surface area contributed by atoms with E-state index in [1.807, 2.05) is 0 Å². The van der Waals surface area contributed by atoms with Crippen molar-refractivity contribution >= 4 is 23.8 Å². The Morgan fingerprint density at radius 2 is 1.88 bits per heavy atom. The summed E-state index contributed by atoms with van der Waals surface area (Å²) in [6.07, 6.45) is 0. The van der Waals surface area contributed by atoms with Gasteiger partial charge in [-0.05, 0) is 6.92 Å². The third-order valence-corrected chi connectivity index (χ3v) is 2.39. The minimum Gasteiger partial charge on any atom is -0.480 e. The number of hydrogen-bond donors (Lipinski definition) is 2. The normalized spacial score (nSPS) is 18.0. The van der Waals surface area contributed by atoms with Crippen LogP contribution in [0.4, 0.5) is 4.79 Å². The Bertz CT molecular complexity index is 381. The van der Waals surface area contributed by atoms with Gasteiger partial charge in [-0.2, -0.15) is 0 Å².